The molecule has 0 unspecified atom stereocenters. The molecule has 0 atom stereocenters. The maximum absolute atomic E-state index is 5.55. The van der Waals surface area contributed by atoms with E-state index in [2.05, 4.69) is 32.3 Å². The number of hydrogen-bond acceptors (Lipinski definition) is 4. The molecule has 10 heavy (non-hydrogen) atoms. The minimum Gasteiger partial charge on any atom is -0.239 e. The summed E-state index contributed by atoms with van der Waals surface area (Å²) >= 11 is 9.90. The number of nitrogens with zero attached hydrogens (tertiary/aromatic N) is 3. The van der Waals surface area contributed by atoms with Crippen LogP contribution in [0.3, 0.4) is 0 Å². The molecule has 0 saturated heterocycles. The summed E-state index contributed by atoms with van der Waals surface area (Å²) in [6.45, 7) is 0. The van der Waals surface area contributed by atoms with Gasteiger partial charge in [0.25, 0.3) is 0 Å². The smallest absolute Gasteiger partial charge is 0.200 e. The van der Waals surface area contributed by atoms with Crippen LogP contribution in [0.25, 0.3) is 0 Å². The van der Waals surface area contributed by atoms with Crippen LogP contribution in [0, 0.1) is 0 Å². The van der Waals surface area contributed by atoms with Crippen LogP contribution in [0.4, 0.5) is 5.82 Å². The van der Waals surface area contributed by atoms with Crippen molar-refractivity contribution in [3.8, 4) is 0 Å². The summed E-state index contributed by atoms with van der Waals surface area (Å²) in [5.41, 5.74) is 0. The number of hydrogen-bond donors (Lipinski definition) is 0. The lowest BCUT2D eigenvalue weighted by molar-refractivity contribution is 1.18. The van der Waals surface area contributed by atoms with Crippen LogP contribution in [-0.2, 0) is 0 Å². The monoisotopic (exact) mass is 171 g/mol. The van der Waals surface area contributed by atoms with E-state index in [0.717, 1.165) is 0 Å². The summed E-state index contributed by atoms with van der Waals surface area (Å²) in [6, 6.07) is 0. The van der Waals surface area contributed by atoms with Crippen LogP contribution < -0.4 is 0 Å². The van der Waals surface area contributed by atoms with Gasteiger partial charge in [-0.1, -0.05) is 11.6 Å². The summed E-state index contributed by atoms with van der Waals surface area (Å²) in [5, 5.41) is 2.38. The fraction of sp³-hybridized carbons (Fsp3) is 0. The summed E-state index contributed by atoms with van der Waals surface area (Å²) < 4.78 is 0. The topological polar surface area (TPSA) is 38.1 Å². The van der Waals surface area contributed by atoms with Gasteiger partial charge in [-0.2, -0.15) is 4.99 Å². The zero-order valence-electron chi connectivity index (χ0n) is 4.78. The van der Waals surface area contributed by atoms with Crippen molar-refractivity contribution in [3.63, 3.8) is 0 Å². The van der Waals surface area contributed by atoms with Crippen LogP contribution in [0.1, 0.15) is 0 Å². The standard InChI is InChI=1S/C5H2ClN3S/c6-4-5(9-3-10)8-2-1-7-4/h1-2H. The molecule has 1 heterocycles. The second kappa shape index (κ2) is 3.37. The Balaban J connectivity index is 3.14. The van der Waals surface area contributed by atoms with Crippen molar-refractivity contribution in [3.05, 3.63) is 17.5 Å². The van der Waals surface area contributed by atoms with Gasteiger partial charge in [-0.25, -0.2) is 9.97 Å². The molecule has 0 spiro atoms. The van der Waals surface area contributed by atoms with Gasteiger partial charge >= 0.3 is 0 Å². The Morgan fingerprint density at radius 3 is 2.80 bits per heavy atom. The largest absolute Gasteiger partial charge is 0.239 e. The molecule has 1 rings (SSSR count). The third kappa shape index (κ3) is 1.57. The number of rotatable bonds is 1. The van der Waals surface area contributed by atoms with Gasteiger partial charge in [-0.15, -0.1) is 0 Å². The van der Waals surface area contributed by atoms with Gasteiger partial charge in [0.1, 0.15) is 0 Å². The molecule has 0 aromatic carbocycles. The van der Waals surface area contributed by atoms with Crippen molar-refractivity contribution >= 4 is 34.8 Å². The van der Waals surface area contributed by atoms with E-state index < -0.39 is 0 Å². The zero-order valence-corrected chi connectivity index (χ0v) is 6.35. The molecule has 5 heteroatoms. The Hall–Kier alpha value is -0.830. The fourth-order valence-electron chi connectivity index (χ4n) is 0.432. The summed E-state index contributed by atoms with van der Waals surface area (Å²) in [4.78, 5) is 11.1. The number of isothiocyanates is 1. The highest BCUT2D eigenvalue weighted by molar-refractivity contribution is 7.78. The van der Waals surface area contributed by atoms with E-state index >= 15 is 0 Å². The lowest BCUT2D eigenvalue weighted by Gasteiger charge is -1.89. The van der Waals surface area contributed by atoms with E-state index in [1.807, 2.05) is 0 Å². The van der Waals surface area contributed by atoms with Crippen LogP contribution >= 0.6 is 23.8 Å². The molecule has 0 fully saturated rings. The molecule has 1 aromatic heterocycles. The maximum atomic E-state index is 5.55. The molecule has 0 N–H and O–H groups in total. The Morgan fingerprint density at radius 1 is 1.50 bits per heavy atom. The normalized spacial score (nSPS) is 8.50. The van der Waals surface area contributed by atoms with Gasteiger partial charge in [0, 0.05) is 12.4 Å². The van der Waals surface area contributed by atoms with Gasteiger partial charge in [0.15, 0.2) is 11.0 Å². The lowest BCUT2D eigenvalue weighted by atomic mass is 10.7. The molecular formula is C5H2ClN3S. The van der Waals surface area contributed by atoms with Gasteiger partial charge in [0.2, 0.25) is 0 Å². The Labute approximate surface area is 67.8 Å². The van der Waals surface area contributed by atoms with E-state index in [4.69, 9.17) is 11.6 Å². The van der Waals surface area contributed by atoms with E-state index in [9.17, 15) is 0 Å². The molecule has 0 radical (unpaired) electrons. The van der Waals surface area contributed by atoms with E-state index in [-0.39, 0.29) is 5.15 Å². The second-order valence-electron chi connectivity index (χ2n) is 1.37. The first kappa shape index (κ1) is 7.28. The quantitative estimate of drug-likeness (QED) is 0.478. The van der Waals surface area contributed by atoms with Gasteiger partial charge in [0.05, 0.1) is 5.16 Å². The molecule has 0 amide bonds. The lowest BCUT2D eigenvalue weighted by Crippen LogP contribution is -1.77. The van der Waals surface area contributed by atoms with Crippen molar-refractivity contribution in [1.82, 2.24) is 9.97 Å². The van der Waals surface area contributed by atoms with E-state index in [1.54, 1.807) is 0 Å². The number of thiocarbonyl (C=S) groups is 1. The number of halogens is 1. The highest BCUT2D eigenvalue weighted by Gasteiger charge is 1.96. The van der Waals surface area contributed by atoms with Crippen molar-refractivity contribution < 1.29 is 0 Å². The van der Waals surface area contributed by atoms with E-state index in [1.165, 1.54) is 12.4 Å². The first-order chi connectivity index (χ1) is 4.84. The number of aromatic nitrogens is 2. The average molecular weight is 172 g/mol. The van der Waals surface area contributed by atoms with Crippen LogP contribution in [0.2, 0.25) is 5.15 Å². The van der Waals surface area contributed by atoms with Crippen LogP contribution in [0.15, 0.2) is 17.4 Å². The SMILES string of the molecule is S=C=Nc1nccnc1Cl. The molecule has 0 aliphatic rings. The average Bonchev–Trinajstić information content (AvgIpc) is 1.94. The molecule has 3 nitrogen and oxygen atoms in total. The predicted molar refractivity (Wildman–Crippen MR) is 41.7 cm³/mol. The fourth-order valence-corrected chi connectivity index (χ4v) is 0.666. The summed E-state index contributed by atoms with van der Waals surface area (Å²) in [5.74, 6) is 0.305. The zero-order chi connectivity index (χ0) is 7.40. The highest BCUT2D eigenvalue weighted by Crippen LogP contribution is 2.16. The predicted octanol–water partition coefficient (Wildman–Crippen LogP) is 1.86. The molecule has 0 aliphatic carbocycles. The first-order valence-electron chi connectivity index (χ1n) is 2.39. The molecule has 0 aliphatic heterocycles. The van der Waals surface area contributed by atoms with Crippen molar-refractivity contribution in [2.75, 3.05) is 0 Å². The van der Waals surface area contributed by atoms with E-state index in [0.29, 0.717) is 5.82 Å². The first-order valence-corrected chi connectivity index (χ1v) is 3.17. The van der Waals surface area contributed by atoms with Crippen molar-refractivity contribution in [1.29, 1.82) is 0 Å². The van der Waals surface area contributed by atoms with Crippen LogP contribution in [0.5, 0.6) is 0 Å². The second-order valence-corrected chi connectivity index (χ2v) is 1.91. The Morgan fingerprint density at radius 2 is 2.20 bits per heavy atom. The van der Waals surface area contributed by atoms with Gasteiger partial charge in [-0.05, 0) is 12.2 Å². The van der Waals surface area contributed by atoms with Gasteiger partial charge in [-0.3, -0.25) is 0 Å². The molecule has 1 aromatic rings. The van der Waals surface area contributed by atoms with Crippen molar-refractivity contribution in [2.24, 2.45) is 4.99 Å². The van der Waals surface area contributed by atoms with Crippen LogP contribution in [-0.4, -0.2) is 15.1 Å². The Bertz CT molecular complexity index is 282. The maximum Gasteiger partial charge on any atom is 0.200 e. The minimum absolute atomic E-state index is 0.236. The number of aliphatic imine (C=N–C) groups is 1. The van der Waals surface area contributed by atoms with Gasteiger partial charge < -0.3 is 0 Å². The van der Waals surface area contributed by atoms with Crippen molar-refractivity contribution in [2.45, 2.75) is 0 Å². The third-order valence-corrected chi connectivity index (χ3v) is 1.15. The minimum atomic E-state index is 0.236. The third-order valence-electron chi connectivity index (χ3n) is 0.787. The summed E-state index contributed by atoms with van der Waals surface area (Å²) in [6.07, 6.45) is 2.96. The molecular weight excluding hydrogens is 170 g/mol. The molecule has 0 bridgehead atoms. The molecule has 0 saturated carbocycles. The summed E-state index contributed by atoms with van der Waals surface area (Å²) in [7, 11) is 0. The highest BCUT2D eigenvalue weighted by atomic mass is 35.5. The molecule has 50 valence electrons. The Kier molecular flexibility index (Phi) is 2.45.